The number of pyridine rings is 1. The van der Waals surface area contributed by atoms with E-state index in [0.29, 0.717) is 16.3 Å². The molecule has 0 saturated heterocycles. The standard InChI is InChI=1S/C19H14ClN3O2S/c20-13-8-9-18(23-26(24,25)14-5-2-1-3-6-14)16(11-13)17-12-22-19-15(17)7-4-10-21-19/h1-12,23H,(H,21,22). The molecule has 0 fully saturated rings. The predicted molar refractivity (Wildman–Crippen MR) is 104 cm³/mol. The monoisotopic (exact) mass is 383 g/mol. The van der Waals surface area contributed by atoms with Crippen molar-refractivity contribution in [2.45, 2.75) is 4.90 Å². The van der Waals surface area contributed by atoms with Gasteiger partial charge in [0.1, 0.15) is 5.65 Å². The minimum atomic E-state index is -3.71. The smallest absolute Gasteiger partial charge is 0.261 e. The summed E-state index contributed by atoms with van der Waals surface area (Å²) in [7, 11) is -3.71. The molecule has 4 rings (SSSR count). The van der Waals surface area contributed by atoms with Crippen molar-refractivity contribution in [2.75, 3.05) is 4.72 Å². The van der Waals surface area contributed by atoms with Crippen LogP contribution in [0.3, 0.4) is 0 Å². The summed E-state index contributed by atoms with van der Waals surface area (Å²) in [6, 6.07) is 17.0. The summed E-state index contributed by atoms with van der Waals surface area (Å²) < 4.78 is 28.1. The van der Waals surface area contributed by atoms with Gasteiger partial charge in [-0.1, -0.05) is 29.8 Å². The summed E-state index contributed by atoms with van der Waals surface area (Å²) >= 11 is 6.17. The zero-order valence-corrected chi connectivity index (χ0v) is 15.1. The van der Waals surface area contributed by atoms with Gasteiger partial charge in [-0.15, -0.1) is 0 Å². The zero-order chi connectivity index (χ0) is 18.1. The summed E-state index contributed by atoms with van der Waals surface area (Å²) in [5, 5.41) is 1.40. The molecule has 0 atom stereocenters. The Morgan fingerprint density at radius 3 is 2.58 bits per heavy atom. The Morgan fingerprint density at radius 2 is 1.77 bits per heavy atom. The fraction of sp³-hybridized carbons (Fsp3) is 0. The van der Waals surface area contributed by atoms with Gasteiger partial charge in [0.2, 0.25) is 0 Å². The molecule has 0 aliphatic carbocycles. The van der Waals surface area contributed by atoms with Gasteiger partial charge < -0.3 is 4.98 Å². The molecule has 0 aliphatic heterocycles. The number of benzene rings is 2. The first-order chi connectivity index (χ1) is 12.5. The van der Waals surface area contributed by atoms with Crippen molar-refractivity contribution in [3.63, 3.8) is 0 Å². The lowest BCUT2D eigenvalue weighted by Gasteiger charge is -2.13. The second-order valence-electron chi connectivity index (χ2n) is 5.71. The van der Waals surface area contributed by atoms with Gasteiger partial charge in [-0.3, -0.25) is 4.72 Å². The number of hydrogen-bond donors (Lipinski definition) is 2. The molecule has 0 spiro atoms. The fourth-order valence-electron chi connectivity index (χ4n) is 2.81. The lowest BCUT2D eigenvalue weighted by molar-refractivity contribution is 0.601. The van der Waals surface area contributed by atoms with E-state index >= 15 is 0 Å². The van der Waals surface area contributed by atoms with E-state index in [-0.39, 0.29) is 4.90 Å². The zero-order valence-electron chi connectivity index (χ0n) is 13.5. The maximum atomic E-state index is 12.7. The van der Waals surface area contributed by atoms with Crippen molar-refractivity contribution in [3.8, 4) is 11.1 Å². The van der Waals surface area contributed by atoms with E-state index in [1.807, 2.05) is 12.1 Å². The molecule has 0 radical (unpaired) electrons. The van der Waals surface area contributed by atoms with Gasteiger partial charge in [0.25, 0.3) is 10.0 Å². The number of halogens is 1. The Morgan fingerprint density at radius 1 is 0.962 bits per heavy atom. The first-order valence-electron chi connectivity index (χ1n) is 7.84. The summed E-state index contributed by atoms with van der Waals surface area (Å²) in [5.74, 6) is 0. The van der Waals surface area contributed by atoms with Gasteiger partial charge in [0.15, 0.2) is 0 Å². The number of anilines is 1. The molecule has 2 N–H and O–H groups in total. The highest BCUT2D eigenvalue weighted by atomic mass is 35.5. The molecule has 4 aromatic rings. The van der Waals surface area contributed by atoms with E-state index in [0.717, 1.165) is 16.6 Å². The second kappa shape index (κ2) is 6.48. The minimum absolute atomic E-state index is 0.196. The average Bonchev–Trinajstić information content (AvgIpc) is 3.08. The number of rotatable bonds is 4. The van der Waals surface area contributed by atoms with Gasteiger partial charge in [-0.2, -0.15) is 0 Å². The number of H-pyrrole nitrogens is 1. The van der Waals surface area contributed by atoms with Crippen LogP contribution in [-0.4, -0.2) is 18.4 Å². The number of nitrogens with zero attached hydrogens (tertiary/aromatic N) is 1. The lowest BCUT2D eigenvalue weighted by atomic mass is 10.0. The molecule has 0 saturated carbocycles. The highest BCUT2D eigenvalue weighted by molar-refractivity contribution is 7.92. The average molecular weight is 384 g/mol. The summed E-state index contributed by atoms with van der Waals surface area (Å²) in [6.45, 7) is 0. The molecule has 2 heterocycles. The minimum Gasteiger partial charge on any atom is -0.346 e. The van der Waals surface area contributed by atoms with Crippen LogP contribution in [0.15, 0.2) is 78.0 Å². The summed E-state index contributed by atoms with van der Waals surface area (Å²) in [4.78, 5) is 7.57. The molecular weight excluding hydrogens is 370 g/mol. The number of sulfonamides is 1. The van der Waals surface area contributed by atoms with Gasteiger partial charge in [-0.05, 0) is 42.5 Å². The third-order valence-electron chi connectivity index (χ3n) is 4.02. The summed E-state index contributed by atoms with van der Waals surface area (Å²) in [6.07, 6.45) is 3.49. The largest absolute Gasteiger partial charge is 0.346 e. The van der Waals surface area contributed by atoms with E-state index in [1.165, 1.54) is 0 Å². The molecule has 7 heteroatoms. The van der Waals surface area contributed by atoms with Crippen LogP contribution in [0.5, 0.6) is 0 Å². The molecule has 0 aliphatic rings. The SMILES string of the molecule is O=S(=O)(Nc1ccc(Cl)cc1-c1c[nH]c2ncccc12)c1ccccc1. The van der Waals surface area contributed by atoms with Crippen LogP contribution in [0, 0.1) is 0 Å². The molecule has 0 unspecified atom stereocenters. The molecule has 26 heavy (non-hydrogen) atoms. The lowest BCUT2D eigenvalue weighted by Crippen LogP contribution is -2.13. The Hall–Kier alpha value is -2.83. The number of aromatic nitrogens is 2. The van der Waals surface area contributed by atoms with E-state index in [2.05, 4.69) is 14.7 Å². The first-order valence-corrected chi connectivity index (χ1v) is 9.70. The van der Waals surface area contributed by atoms with Crippen molar-refractivity contribution in [1.29, 1.82) is 0 Å². The Balaban J connectivity index is 1.84. The van der Waals surface area contributed by atoms with Crippen LogP contribution >= 0.6 is 11.6 Å². The van der Waals surface area contributed by atoms with Crippen LogP contribution in [0.4, 0.5) is 5.69 Å². The molecule has 2 aromatic carbocycles. The van der Waals surface area contributed by atoms with E-state index in [1.54, 1.807) is 60.9 Å². The molecular formula is C19H14ClN3O2S. The number of fused-ring (bicyclic) bond motifs is 1. The van der Waals surface area contributed by atoms with Gasteiger partial charge in [0.05, 0.1) is 10.6 Å². The number of hydrogen-bond acceptors (Lipinski definition) is 3. The van der Waals surface area contributed by atoms with Gasteiger partial charge in [-0.25, -0.2) is 13.4 Å². The predicted octanol–water partition coefficient (Wildman–Crippen LogP) is 4.68. The van der Waals surface area contributed by atoms with Crippen LogP contribution in [0.2, 0.25) is 5.02 Å². The van der Waals surface area contributed by atoms with Crippen LogP contribution in [0.1, 0.15) is 0 Å². The third kappa shape index (κ3) is 3.05. The summed E-state index contributed by atoms with van der Waals surface area (Å²) in [5.41, 5.74) is 2.67. The highest BCUT2D eigenvalue weighted by Gasteiger charge is 2.18. The van der Waals surface area contributed by atoms with Crippen LogP contribution in [-0.2, 0) is 10.0 Å². The second-order valence-corrected chi connectivity index (χ2v) is 7.83. The molecule has 0 bridgehead atoms. The molecule has 2 aromatic heterocycles. The van der Waals surface area contributed by atoms with E-state index < -0.39 is 10.0 Å². The normalized spacial score (nSPS) is 11.6. The number of aromatic amines is 1. The van der Waals surface area contributed by atoms with Crippen LogP contribution < -0.4 is 4.72 Å². The quantitative estimate of drug-likeness (QED) is 0.537. The fourth-order valence-corrected chi connectivity index (χ4v) is 4.08. The third-order valence-corrected chi connectivity index (χ3v) is 5.64. The van der Waals surface area contributed by atoms with Crippen molar-refractivity contribution in [2.24, 2.45) is 0 Å². The van der Waals surface area contributed by atoms with E-state index in [9.17, 15) is 8.42 Å². The Labute approximate surface area is 155 Å². The molecule has 0 amide bonds. The van der Waals surface area contributed by atoms with Crippen molar-refractivity contribution in [3.05, 3.63) is 78.1 Å². The first kappa shape index (κ1) is 16.6. The van der Waals surface area contributed by atoms with E-state index in [4.69, 9.17) is 11.6 Å². The van der Waals surface area contributed by atoms with Gasteiger partial charge >= 0.3 is 0 Å². The highest BCUT2D eigenvalue weighted by Crippen LogP contribution is 2.36. The Bertz CT molecular complexity index is 1190. The van der Waals surface area contributed by atoms with Crippen molar-refractivity contribution < 1.29 is 8.42 Å². The van der Waals surface area contributed by atoms with Crippen LogP contribution in [0.25, 0.3) is 22.2 Å². The molecule has 130 valence electrons. The number of nitrogens with one attached hydrogen (secondary N) is 2. The maximum Gasteiger partial charge on any atom is 0.261 e. The van der Waals surface area contributed by atoms with Crippen molar-refractivity contribution >= 4 is 38.3 Å². The van der Waals surface area contributed by atoms with Crippen molar-refractivity contribution in [1.82, 2.24) is 9.97 Å². The van der Waals surface area contributed by atoms with Gasteiger partial charge in [0, 0.05) is 33.9 Å². The molecule has 5 nitrogen and oxygen atoms in total. The topological polar surface area (TPSA) is 74.8 Å². The maximum absolute atomic E-state index is 12.7. The Kier molecular flexibility index (Phi) is 4.14.